The number of likely N-dealkylation sites (N-methyl/N-ethyl adjacent to an activating group) is 1. The van der Waals surface area contributed by atoms with E-state index >= 15 is 0 Å². The molecule has 0 aliphatic carbocycles. The molecular weight excluding hydrogens is 250 g/mol. The minimum Gasteiger partial charge on any atom is -0.381 e. The maximum absolute atomic E-state index is 5.43. The van der Waals surface area contributed by atoms with Crippen LogP contribution < -0.4 is 5.32 Å². The van der Waals surface area contributed by atoms with Crippen LogP contribution in [0.5, 0.6) is 0 Å². The smallest absolute Gasteiger partial charge is 0.129 e. The summed E-state index contributed by atoms with van der Waals surface area (Å²) in [6, 6.07) is 0. The minimum atomic E-state index is 0.457. The second-order valence-corrected chi connectivity index (χ2v) is 5.87. The predicted octanol–water partition coefficient (Wildman–Crippen LogP) is 2.39. The lowest BCUT2D eigenvalue weighted by Crippen LogP contribution is -2.21. The molecule has 0 saturated carbocycles. The van der Waals surface area contributed by atoms with E-state index in [9.17, 15) is 0 Å². The summed E-state index contributed by atoms with van der Waals surface area (Å²) in [6.45, 7) is 12.3. The Morgan fingerprint density at radius 1 is 1.30 bits per heavy atom. The van der Waals surface area contributed by atoms with Gasteiger partial charge in [-0.15, -0.1) is 0 Å². The average Bonchev–Trinajstić information content (AvgIpc) is 2.88. The molecule has 1 aromatic rings. The fraction of sp³-hybridized carbons (Fsp3) is 0.750. The van der Waals surface area contributed by atoms with Gasteiger partial charge < -0.3 is 10.1 Å². The molecule has 4 nitrogen and oxygen atoms in total. The number of aromatic nitrogens is 2. The summed E-state index contributed by atoms with van der Waals surface area (Å²) in [4.78, 5) is 9.46. The third-order valence-corrected chi connectivity index (χ3v) is 4.06. The van der Waals surface area contributed by atoms with Crippen molar-refractivity contribution in [1.82, 2.24) is 15.3 Å². The first-order valence-electron chi connectivity index (χ1n) is 7.74. The standard InChI is InChI=1S/C16H27N3O/c1-5-17-9-11(2)16-12(3)18-15(19-13(16)4)8-14-6-7-20-10-14/h11,14,17H,5-10H2,1-4H3. The topological polar surface area (TPSA) is 47.0 Å². The van der Waals surface area contributed by atoms with Crippen LogP contribution in [0, 0.1) is 19.8 Å². The van der Waals surface area contributed by atoms with Crippen molar-refractivity contribution in [2.75, 3.05) is 26.3 Å². The summed E-state index contributed by atoms with van der Waals surface area (Å²) in [5.74, 6) is 2.03. The van der Waals surface area contributed by atoms with Crippen molar-refractivity contribution in [3.8, 4) is 0 Å². The Labute approximate surface area is 122 Å². The Morgan fingerprint density at radius 3 is 2.55 bits per heavy atom. The molecule has 0 spiro atoms. The molecule has 20 heavy (non-hydrogen) atoms. The lowest BCUT2D eigenvalue weighted by Gasteiger charge is -2.18. The zero-order valence-corrected chi connectivity index (χ0v) is 13.2. The fourth-order valence-corrected chi connectivity index (χ4v) is 3.06. The van der Waals surface area contributed by atoms with Crippen LogP contribution in [0.2, 0.25) is 0 Å². The minimum absolute atomic E-state index is 0.457. The van der Waals surface area contributed by atoms with Gasteiger partial charge in [0.1, 0.15) is 5.82 Å². The van der Waals surface area contributed by atoms with E-state index in [1.165, 1.54) is 5.56 Å². The van der Waals surface area contributed by atoms with Crippen LogP contribution in [0.15, 0.2) is 0 Å². The van der Waals surface area contributed by atoms with Crippen molar-refractivity contribution < 1.29 is 4.74 Å². The average molecular weight is 277 g/mol. The van der Waals surface area contributed by atoms with Crippen LogP contribution in [0.1, 0.15) is 49.0 Å². The zero-order chi connectivity index (χ0) is 14.5. The molecule has 0 radical (unpaired) electrons. The summed E-state index contributed by atoms with van der Waals surface area (Å²) < 4.78 is 5.43. The van der Waals surface area contributed by atoms with E-state index in [1.54, 1.807) is 0 Å². The van der Waals surface area contributed by atoms with Gasteiger partial charge in [-0.2, -0.15) is 0 Å². The fourth-order valence-electron chi connectivity index (χ4n) is 3.06. The first-order valence-corrected chi connectivity index (χ1v) is 7.74. The van der Waals surface area contributed by atoms with Crippen LogP contribution in [0.4, 0.5) is 0 Å². The van der Waals surface area contributed by atoms with Crippen molar-refractivity contribution in [2.24, 2.45) is 5.92 Å². The summed E-state index contributed by atoms with van der Waals surface area (Å²) in [7, 11) is 0. The van der Waals surface area contributed by atoms with Gasteiger partial charge in [0.05, 0.1) is 0 Å². The van der Waals surface area contributed by atoms with Gasteiger partial charge in [0.2, 0.25) is 0 Å². The monoisotopic (exact) mass is 277 g/mol. The van der Waals surface area contributed by atoms with Crippen LogP contribution in [-0.2, 0) is 11.2 Å². The maximum atomic E-state index is 5.43. The molecule has 1 fully saturated rings. The highest BCUT2D eigenvalue weighted by Crippen LogP contribution is 2.23. The Hall–Kier alpha value is -1.00. The van der Waals surface area contributed by atoms with E-state index < -0.39 is 0 Å². The molecule has 0 amide bonds. The normalized spacial score (nSPS) is 20.3. The van der Waals surface area contributed by atoms with Crippen molar-refractivity contribution >= 4 is 0 Å². The number of rotatable bonds is 6. The van der Waals surface area contributed by atoms with Gasteiger partial charge in [-0.25, -0.2) is 9.97 Å². The van der Waals surface area contributed by atoms with Gasteiger partial charge in [0.25, 0.3) is 0 Å². The first-order chi connectivity index (χ1) is 9.61. The van der Waals surface area contributed by atoms with Gasteiger partial charge in [-0.1, -0.05) is 13.8 Å². The number of hydrogen-bond donors (Lipinski definition) is 1. The molecule has 0 aromatic carbocycles. The quantitative estimate of drug-likeness (QED) is 0.867. The molecule has 2 atom stereocenters. The largest absolute Gasteiger partial charge is 0.381 e. The molecule has 1 saturated heterocycles. The van der Waals surface area contributed by atoms with E-state index in [0.29, 0.717) is 11.8 Å². The van der Waals surface area contributed by atoms with E-state index in [4.69, 9.17) is 14.7 Å². The van der Waals surface area contributed by atoms with Crippen molar-refractivity contribution in [2.45, 2.75) is 46.5 Å². The molecule has 1 aliphatic heterocycles. The van der Waals surface area contributed by atoms with Gasteiger partial charge in [-0.05, 0) is 44.2 Å². The lowest BCUT2D eigenvalue weighted by atomic mass is 9.97. The van der Waals surface area contributed by atoms with Crippen molar-refractivity contribution in [3.63, 3.8) is 0 Å². The lowest BCUT2D eigenvalue weighted by molar-refractivity contribution is 0.185. The third kappa shape index (κ3) is 3.76. The molecule has 2 heterocycles. The van der Waals surface area contributed by atoms with Crippen molar-refractivity contribution in [3.05, 3.63) is 22.8 Å². The molecule has 4 heteroatoms. The van der Waals surface area contributed by atoms with E-state index in [1.807, 2.05) is 0 Å². The Bertz CT molecular complexity index is 418. The van der Waals surface area contributed by atoms with E-state index in [-0.39, 0.29) is 0 Å². The van der Waals surface area contributed by atoms with E-state index in [2.05, 4.69) is 33.0 Å². The van der Waals surface area contributed by atoms with Crippen molar-refractivity contribution in [1.29, 1.82) is 0 Å². The molecule has 2 rings (SSSR count). The highest BCUT2D eigenvalue weighted by molar-refractivity contribution is 5.28. The third-order valence-electron chi connectivity index (χ3n) is 4.06. The highest BCUT2D eigenvalue weighted by atomic mass is 16.5. The number of hydrogen-bond acceptors (Lipinski definition) is 4. The van der Waals surface area contributed by atoms with Gasteiger partial charge >= 0.3 is 0 Å². The Morgan fingerprint density at radius 2 is 2.00 bits per heavy atom. The highest BCUT2D eigenvalue weighted by Gasteiger charge is 2.20. The summed E-state index contributed by atoms with van der Waals surface area (Å²) in [6.07, 6.45) is 2.09. The van der Waals surface area contributed by atoms with Gasteiger partial charge in [0.15, 0.2) is 0 Å². The number of nitrogens with zero attached hydrogens (tertiary/aromatic N) is 2. The van der Waals surface area contributed by atoms with E-state index in [0.717, 1.165) is 56.4 Å². The number of aryl methyl sites for hydroxylation is 2. The molecule has 2 unspecified atom stereocenters. The molecule has 1 aliphatic rings. The van der Waals surface area contributed by atoms with Gasteiger partial charge in [-0.3, -0.25) is 0 Å². The van der Waals surface area contributed by atoms with Gasteiger partial charge in [0, 0.05) is 37.6 Å². The Balaban J connectivity index is 2.10. The predicted molar refractivity (Wildman–Crippen MR) is 81.1 cm³/mol. The van der Waals surface area contributed by atoms with Crippen LogP contribution in [0.3, 0.4) is 0 Å². The summed E-state index contributed by atoms with van der Waals surface area (Å²) in [5, 5.41) is 3.40. The van der Waals surface area contributed by atoms with Crippen LogP contribution in [0.25, 0.3) is 0 Å². The first kappa shape index (κ1) is 15.4. The molecule has 0 bridgehead atoms. The maximum Gasteiger partial charge on any atom is 0.129 e. The Kier molecular flexibility index (Phi) is 5.49. The number of ether oxygens (including phenoxy) is 1. The number of nitrogens with one attached hydrogen (secondary N) is 1. The van der Waals surface area contributed by atoms with Crippen LogP contribution in [-0.4, -0.2) is 36.3 Å². The second-order valence-electron chi connectivity index (χ2n) is 5.87. The SMILES string of the molecule is CCNCC(C)c1c(C)nc(CC2CCOC2)nc1C. The summed E-state index contributed by atoms with van der Waals surface area (Å²) >= 11 is 0. The molecule has 1 N–H and O–H groups in total. The second kappa shape index (κ2) is 7.14. The summed E-state index contributed by atoms with van der Waals surface area (Å²) in [5.41, 5.74) is 3.58. The molecular formula is C16H27N3O. The zero-order valence-electron chi connectivity index (χ0n) is 13.2. The van der Waals surface area contributed by atoms with Crippen LogP contribution >= 0.6 is 0 Å². The molecule has 112 valence electrons. The molecule has 1 aromatic heterocycles.